The minimum Gasteiger partial charge on any atom is -0.496 e. The molecule has 0 radical (unpaired) electrons. The topological polar surface area (TPSA) is 75.7 Å². The van der Waals surface area contributed by atoms with Crippen LogP contribution in [-0.2, 0) is 11.2 Å². The van der Waals surface area contributed by atoms with Crippen LogP contribution < -0.4 is 10.1 Å². The maximum atomic E-state index is 13.0. The highest BCUT2D eigenvalue weighted by Gasteiger charge is 2.48. The number of aryl methyl sites for hydroxylation is 2. The highest BCUT2D eigenvalue weighted by atomic mass is 16.5. The number of methoxy groups -OCH3 is 1. The predicted molar refractivity (Wildman–Crippen MR) is 106 cm³/mol. The van der Waals surface area contributed by atoms with E-state index in [1.165, 1.54) is 0 Å². The van der Waals surface area contributed by atoms with Gasteiger partial charge in [-0.2, -0.15) is 0 Å². The average Bonchev–Trinajstić information content (AvgIpc) is 2.87. The molecule has 28 heavy (non-hydrogen) atoms. The molecular weight excluding hydrogens is 356 g/mol. The molecule has 6 nitrogen and oxygen atoms in total. The van der Waals surface area contributed by atoms with Crippen LogP contribution in [0.5, 0.6) is 5.75 Å². The van der Waals surface area contributed by atoms with Crippen LogP contribution in [0.2, 0.25) is 0 Å². The lowest BCUT2D eigenvalue weighted by Gasteiger charge is -2.22. The van der Waals surface area contributed by atoms with Crippen LogP contribution in [0.4, 0.5) is 4.79 Å². The van der Waals surface area contributed by atoms with Crippen molar-refractivity contribution in [3.05, 3.63) is 64.7 Å². The van der Waals surface area contributed by atoms with Gasteiger partial charge in [-0.15, -0.1) is 0 Å². The van der Waals surface area contributed by atoms with Gasteiger partial charge in [0.1, 0.15) is 11.3 Å². The number of carbonyl (C=O) groups is 3. The molecule has 1 atom stereocenters. The summed E-state index contributed by atoms with van der Waals surface area (Å²) in [5.74, 6) is -0.0241. The van der Waals surface area contributed by atoms with Gasteiger partial charge in [-0.05, 0) is 44.0 Å². The summed E-state index contributed by atoms with van der Waals surface area (Å²) in [5, 5.41) is 2.74. The molecule has 1 aliphatic heterocycles. The lowest BCUT2D eigenvalue weighted by atomic mass is 9.92. The summed E-state index contributed by atoms with van der Waals surface area (Å²) in [7, 11) is 1.56. The zero-order valence-electron chi connectivity index (χ0n) is 16.5. The average molecular weight is 380 g/mol. The Bertz CT molecular complexity index is 953. The van der Waals surface area contributed by atoms with Crippen molar-refractivity contribution in [1.29, 1.82) is 0 Å². The van der Waals surface area contributed by atoms with E-state index in [9.17, 15) is 14.4 Å². The number of rotatable bonds is 6. The van der Waals surface area contributed by atoms with E-state index < -0.39 is 17.5 Å². The number of Topliss-reactive ketones (excluding diaryl/α,β-unsaturated/α-hetero) is 1. The van der Waals surface area contributed by atoms with E-state index in [-0.39, 0.29) is 18.7 Å². The fourth-order valence-electron chi connectivity index (χ4n) is 3.51. The number of hydrogen-bond acceptors (Lipinski definition) is 4. The summed E-state index contributed by atoms with van der Waals surface area (Å²) < 4.78 is 5.34. The highest BCUT2D eigenvalue weighted by Crippen LogP contribution is 2.27. The van der Waals surface area contributed by atoms with Gasteiger partial charge < -0.3 is 10.1 Å². The second-order valence-corrected chi connectivity index (χ2v) is 7.38. The molecular formula is C22H24N2O4. The van der Waals surface area contributed by atoms with Gasteiger partial charge in [-0.25, -0.2) is 4.79 Å². The van der Waals surface area contributed by atoms with Crippen LogP contribution in [-0.4, -0.2) is 41.8 Å². The van der Waals surface area contributed by atoms with Crippen molar-refractivity contribution < 1.29 is 19.1 Å². The molecule has 0 spiro atoms. The summed E-state index contributed by atoms with van der Waals surface area (Å²) in [5.41, 5.74) is 1.97. The number of amides is 3. The molecule has 0 saturated carbocycles. The van der Waals surface area contributed by atoms with Crippen LogP contribution in [0.15, 0.2) is 42.5 Å². The van der Waals surface area contributed by atoms with E-state index in [4.69, 9.17) is 4.74 Å². The van der Waals surface area contributed by atoms with Crippen molar-refractivity contribution >= 4 is 17.7 Å². The minimum absolute atomic E-state index is 0.258. The lowest BCUT2D eigenvalue weighted by molar-refractivity contribution is -0.130. The maximum absolute atomic E-state index is 13.0. The van der Waals surface area contributed by atoms with E-state index in [0.717, 1.165) is 21.6 Å². The smallest absolute Gasteiger partial charge is 0.325 e. The Hall–Kier alpha value is -3.15. The Morgan fingerprint density at radius 1 is 1.14 bits per heavy atom. The number of nitrogens with zero attached hydrogens (tertiary/aromatic N) is 1. The number of hydrogen-bond donors (Lipinski definition) is 1. The van der Waals surface area contributed by atoms with Gasteiger partial charge in [0.2, 0.25) is 0 Å². The monoisotopic (exact) mass is 380 g/mol. The number of benzene rings is 2. The largest absolute Gasteiger partial charge is 0.496 e. The molecule has 1 heterocycles. The quantitative estimate of drug-likeness (QED) is 0.617. The Labute approximate surface area is 164 Å². The van der Waals surface area contributed by atoms with Gasteiger partial charge in [0.25, 0.3) is 5.91 Å². The van der Waals surface area contributed by atoms with E-state index in [1.807, 2.05) is 50.2 Å². The molecule has 1 fully saturated rings. The molecule has 0 bridgehead atoms. The standard InChI is InChI=1S/C22H24N2O4/c1-14-9-10-15(2)17(11-14)18(25)13-24-20(26)22(3,23-21(24)27)12-16-7-5-6-8-19(16)28-4/h5-11H,12-13H2,1-4H3,(H,23,27)/t22-/m0/s1. The Morgan fingerprint density at radius 3 is 2.57 bits per heavy atom. The summed E-state index contributed by atoms with van der Waals surface area (Å²) in [6, 6.07) is 12.4. The molecule has 3 amide bonds. The number of carbonyl (C=O) groups excluding carboxylic acids is 3. The third-order valence-electron chi connectivity index (χ3n) is 5.08. The Morgan fingerprint density at radius 2 is 1.86 bits per heavy atom. The first-order valence-electron chi connectivity index (χ1n) is 9.11. The fourth-order valence-corrected chi connectivity index (χ4v) is 3.51. The van der Waals surface area contributed by atoms with Crippen LogP contribution in [0, 0.1) is 13.8 Å². The van der Waals surface area contributed by atoms with Gasteiger partial charge >= 0.3 is 6.03 Å². The van der Waals surface area contributed by atoms with Crippen molar-refractivity contribution in [3.8, 4) is 5.75 Å². The van der Waals surface area contributed by atoms with Gasteiger partial charge in [-0.3, -0.25) is 14.5 Å². The van der Waals surface area contributed by atoms with Gasteiger partial charge in [0.05, 0.1) is 13.7 Å². The van der Waals surface area contributed by atoms with Crippen molar-refractivity contribution in [1.82, 2.24) is 10.2 Å². The first-order chi connectivity index (χ1) is 13.2. The second kappa shape index (κ2) is 7.46. The summed E-state index contributed by atoms with van der Waals surface area (Å²) in [6.07, 6.45) is 0.274. The summed E-state index contributed by atoms with van der Waals surface area (Å²) in [6.45, 7) is 5.12. The molecule has 2 aromatic carbocycles. The number of para-hydroxylation sites is 1. The first-order valence-corrected chi connectivity index (χ1v) is 9.11. The van der Waals surface area contributed by atoms with Crippen LogP contribution in [0.1, 0.15) is 34.0 Å². The predicted octanol–water partition coefficient (Wildman–Crippen LogP) is 3.05. The number of ketones is 1. The maximum Gasteiger partial charge on any atom is 0.325 e. The third kappa shape index (κ3) is 3.63. The van der Waals surface area contributed by atoms with Crippen LogP contribution in [0.3, 0.4) is 0 Å². The van der Waals surface area contributed by atoms with Crippen molar-refractivity contribution in [2.24, 2.45) is 0 Å². The van der Waals surface area contributed by atoms with Crippen molar-refractivity contribution in [2.45, 2.75) is 32.7 Å². The highest BCUT2D eigenvalue weighted by molar-refractivity contribution is 6.11. The summed E-state index contributed by atoms with van der Waals surface area (Å²) in [4.78, 5) is 39.2. The van der Waals surface area contributed by atoms with Crippen LogP contribution >= 0.6 is 0 Å². The lowest BCUT2D eigenvalue weighted by Crippen LogP contribution is -2.46. The zero-order chi connectivity index (χ0) is 20.5. The van der Waals surface area contributed by atoms with E-state index in [1.54, 1.807) is 20.1 Å². The molecule has 1 N–H and O–H groups in total. The van der Waals surface area contributed by atoms with E-state index in [0.29, 0.717) is 11.3 Å². The third-order valence-corrected chi connectivity index (χ3v) is 5.08. The van der Waals surface area contributed by atoms with Gasteiger partial charge in [0, 0.05) is 12.0 Å². The molecule has 6 heteroatoms. The fraction of sp³-hybridized carbons (Fsp3) is 0.318. The SMILES string of the molecule is COc1ccccc1C[C@]1(C)NC(=O)N(CC(=O)c2cc(C)ccc2C)C1=O. The molecule has 0 aromatic heterocycles. The number of imide groups is 1. The molecule has 2 aromatic rings. The van der Waals surface area contributed by atoms with Crippen LogP contribution in [0.25, 0.3) is 0 Å². The van der Waals surface area contributed by atoms with E-state index in [2.05, 4.69) is 5.32 Å². The number of nitrogens with one attached hydrogen (secondary N) is 1. The second-order valence-electron chi connectivity index (χ2n) is 7.38. The number of urea groups is 1. The van der Waals surface area contributed by atoms with Crippen molar-refractivity contribution in [2.75, 3.05) is 13.7 Å². The van der Waals surface area contributed by atoms with Crippen molar-refractivity contribution in [3.63, 3.8) is 0 Å². The minimum atomic E-state index is -1.13. The van der Waals surface area contributed by atoms with Gasteiger partial charge in [-0.1, -0.05) is 35.9 Å². The Balaban J connectivity index is 1.81. The molecule has 0 aliphatic carbocycles. The molecule has 0 unspecified atom stereocenters. The zero-order valence-corrected chi connectivity index (χ0v) is 16.5. The summed E-state index contributed by atoms with van der Waals surface area (Å²) >= 11 is 0. The normalized spacial score (nSPS) is 18.9. The Kier molecular flexibility index (Phi) is 5.23. The first kappa shape index (κ1) is 19.6. The molecule has 1 aliphatic rings. The van der Waals surface area contributed by atoms with E-state index >= 15 is 0 Å². The molecule has 3 rings (SSSR count). The number of ether oxygens (including phenoxy) is 1. The molecule has 146 valence electrons. The molecule has 1 saturated heterocycles. The van der Waals surface area contributed by atoms with Gasteiger partial charge in [0.15, 0.2) is 5.78 Å².